The second kappa shape index (κ2) is 7.79. The van der Waals surface area contributed by atoms with E-state index in [1.165, 1.54) is 0 Å². The van der Waals surface area contributed by atoms with E-state index in [-0.39, 0.29) is 5.91 Å². The van der Waals surface area contributed by atoms with E-state index >= 15 is 0 Å². The molecule has 0 radical (unpaired) electrons. The number of thiophene rings is 2. The SMILES string of the molecule is Cc1nc(-c2ccc(CNC(=O)Cc3csc(-c4ccsc4)n3)s2)cs1. The van der Waals surface area contributed by atoms with Crippen LogP contribution in [0, 0.1) is 6.92 Å². The molecular weight excluding hydrogens is 402 g/mol. The van der Waals surface area contributed by atoms with E-state index in [9.17, 15) is 4.79 Å². The summed E-state index contributed by atoms with van der Waals surface area (Å²) in [5.74, 6) is -0.00776. The van der Waals surface area contributed by atoms with Gasteiger partial charge in [-0.3, -0.25) is 4.79 Å². The van der Waals surface area contributed by atoms with Gasteiger partial charge in [-0.15, -0.1) is 34.0 Å². The van der Waals surface area contributed by atoms with Crippen LogP contribution in [0.4, 0.5) is 0 Å². The number of thiazole rings is 2. The molecule has 4 heterocycles. The van der Waals surface area contributed by atoms with E-state index in [0.29, 0.717) is 13.0 Å². The van der Waals surface area contributed by atoms with Crippen LogP contribution in [0.3, 0.4) is 0 Å². The lowest BCUT2D eigenvalue weighted by Gasteiger charge is -2.01. The third-order valence-corrected chi connectivity index (χ3v) is 7.16. The maximum atomic E-state index is 12.2. The lowest BCUT2D eigenvalue weighted by Crippen LogP contribution is -2.24. The van der Waals surface area contributed by atoms with Crippen molar-refractivity contribution in [3.8, 4) is 21.1 Å². The molecule has 0 atom stereocenters. The zero-order valence-electron chi connectivity index (χ0n) is 13.9. The molecule has 4 nitrogen and oxygen atoms in total. The summed E-state index contributed by atoms with van der Waals surface area (Å²) in [6.45, 7) is 2.54. The number of aromatic nitrogens is 2. The van der Waals surface area contributed by atoms with Crippen molar-refractivity contribution in [2.75, 3.05) is 0 Å². The van der Waals surface area contributed by atoms with E-state index in [1.54, 1.807) is 45.3 Å². The molecule has 26 heavy (non-hydrogen) atoms. The molecule has 1 amide bonds. The Balaban J connectivity index is 1.32. The molecule has 0 bridgehead atoms. The Hall–Kier alpha value is -1.87. The van der Waals surface area contributed by atoms with E-state index < -0.39 is 0 Å². The first kappa shape index (κ1) is 17.5. The Morgan fingerprint density at radius 1 is 1.12 bits per heavy atom. The molecule has 132 valence electrons. The molecule has 0 aliphatic carbocycles. The maximum Gasteiger partial charge on any atom is 0.226 e. The van der Waals surface area contributed by atoms with Gasteiger partial charge >= 0.3 is 0 Å². The molecular formula is C18H15N3OS4. The molecule has 0 unspecified atom stereocenters. The normalized spacial score (nSPS) is 11.0. The minimum Gasteiger partial charge on any atom is -0.351 e. The molecule has 0 fully saturated rings. The van der Waals surface area contributed by atoms with E-state index in [1.807, 2.05) is 29.8 Å². The predicted molar refractivity (Wildman–Crippen MR) is 111 cm³/mol. The largest absolute Gasteiger partial charge is 0.351 e. The Bertz CT molecular complexity index is 1010. The van der Waals surface area contributed by atoms with Gasteiger partial charge in [0.2, 0.25) is 5.91 Å². The van der Waals surface area contributed by atoms with Crippen LogP contribution in [0.15, 0.2) is 39.7 Å². The topological polar surface area (TPSA) is 54.9 Å². The predicted octanol–water partition coefficient (Wildman–Crippen LogP) is 5.22. The van der Waals surface area contributed by atoms with Gasteiger partial charge in [0.05, 0.1) is 34.2 Å². The van der Waals surface area contributed by atoms with Crippen LogP contribution in [-0.4, -0.2) is 15.9 Å². The first-order chi connectivity index (χ1) is 12.7. The highest BCUT2D eigenvalue weighted by atomic mass is 32.1. The van der Waals surface area contributed by atoms with Crippen LogP contribution in [0.25, 0.3) is 21.1 Å². The average Bonchev–Trinajstić information content (AvgIpc) is 3.39. The quantitative estimate of drug-likeness (QED) is 0.468. The van der Waals surface area contributed by atoms with Crippen LogP contribution in [-0.2, 0) is 17.8 Å². The van der Waals surface area contributed by atoms with E-state index in [4.69, 9.17) is 0 Å². The summed E-state index contributed by atoms with van der Waals surface area (Å²) < 4.78 is 0. The fourth-order valence-electron chi connectivity index (χ4n) is 2.41. The molecule has 0 aliphatic rings. The number of rotatable bonds is 6. The van der Waals surface area contributed by atoms with Gasteiger partial charge in [0.1, 0.15) is 5.01 Å². The summed E-state index contributed by atoms with van der Waals surface area (Å²) in [5, 5.41) is 13.1. The molecule has 0 aromatic carbocycles. The summed E-state index contributed by atoms with van der Waals surface area (Å²) in [6.07, 6.45) is 0.310. The Morgan fingerprint density at radius 2 is 2.04 bits per heavy atom. The molecule has 0 aliphatic heterocycles. The number of nitrogens with one attached hydrogen (secondary N) is 1. The Kier molecular flexibility index (Phi) is 5.26. The Morgan fingerprint density at radius 3 is 2.81 bits per heavy atom. The summed E-state index contributed by atoms with van der Waals surface area (Å²) in [5.41, 5.74) is 2.95. The average molecular weight is 418 g/mol. The van der Waals surface area contributed by atoms with E-state index in [0.717, 1.165) is 36.7 Å². The highest BCUT2D eigenvalue weighted by Gasteiger charge is 2.11. The lowest BCUT2D eigenvalue weighted by atomic mass is 10.3. The highest BCUT2D eigenvalue weighted by Crippen LogP contribution is 2.29. The molecule has 4 rings (SSSR count). The standard InChI is InChI=1S/C18H15N3OS4/c1-11-20-15(10-24-11)16-3-2-14(26-16)7-19-17(22)6-13-9-25-18(21-13)12-4-5-23-8-12/h2-5,8-10H,6-7H2,1H3,(H,19,22). The monoisotopic (exact) mass is 417 g/mol. The first-order valence-electron chi connectivity index (χ1n) is 7.92. The van der Waals surface area contributed by atoms with Gasteiger partial charge in [-0.05, 0) is 30.5 Å². The number of hydrogen-bond donors (Lipinski definition) is 1. The summed E-state index contributed by atoms with van der Waals surface area (Å²) in [6, 6.07) is 6.16. The summed E-state index contributed by atoms with van der Waals surface area (Å²) >= 11 is 6.54. The number of amides is 1. The highest BCUT2D eigenvalue weighted by molar-refractivity contribution is 7.16. The zero-order valence-corrected chi connectivity index (χ0v) is 17.2. The van der Waals surface area contributed by atoms with Crippen molar-refractivity contribution in [2.24, 2.45) is 0 Å². The van der Waals surface area contributed by atoms with Gasteiger partial charge in [0, 0.05) is 26.6 Å². The lowest BCUT2D eigenvalue weighted by molar-refractivity contribution is -0.120. The Labute approximate surface area is 167 Å². The van der Waals surface area contributed by atoms with Crippen molar-refractivity contribution in [2.45, 2.75) is 19.9 Å². The van der Waals surface area contributed by atoms with Crippen LogP contribution < -0.4 is 5.32 Å². The number of carbonyl (C=O) groups is 1. The number of carbonyl (C=O) groups excluding carboxylic acids is 1. The van der Waals surface area contributed by atoms with Crippen molar-refractivity contribution in [3.63, 3.8) is 0 Å². The fourth-order valence-corrected chi connectivity index (χ4v) is 5.53. The third-order valence-electron chi connectivity index (χ3n) is 3.65. The van der Waals surface area contributed by atoms with Crippen LogP contribution in [0.2, 0.25) is 0 Å². The molecule has 0 saturated carbocycles. The molecule has 4 aromatic heterocycles. The van der Waals surface area contributed by atoms with Crippen molar-refractivity contribution in [1.82, 2.24) is 15.3 Å². The number of hydrogen-bond acceptors (Lipinski definition) is 7. The first-order valence-corrected chi connectivity index (χ1v) is 11.4. The van der Waals surface area contributed by atoms with Crippen molar-refractivity contribution < 1.29 is 4.79 Å². The second-order valence-electron chi connectivity index (χ2n) is 5.63. The maximum absolute atomic E-state index is 12.2. The van der Waals surface area contributed by atoms with Gasteiger partial charge in [-0.2, -0.15) is 11.3 Å². The minimum absolute atomic E-state index is 0.00776. The number of nitrogens with zero attached hydrogens (tertiary/aromatic N) is 2. The van der Waals surface area contributed by atoms with Crippen molar-refractivity contribution in [3.05, 3.63) is 55.3 Å². The van der Waals surface area contributed by atoms with Gasteiger partial charge in [-0.25, -0.2) is 9.97 Å². The van der Waals surface area contributed by atoms with Gasteiger partial charge < -0.3 is 5.32 Å². The van der Waals surface area contributed by atoms with Gasteiger partial charge in [0.25, 0.3) is 0 Å². The van der Waals surface area contributed by atoms with Crippen molar-refractivity contribution >= 4 is 51.3 Å². The summed E-state index contributed by atoms with van der Waals surface area (Å²) in [7, 11) is 0. The molecule has 0 saturated heterocycles. The van der Waals surface area contributed by atoms with E-state index in [2.05, 4.69) is 32.1 Å². The van der Waals surface area contributed by atoms with Crippen LogP contribution in [0.5, 0.6) is 0 Å². The molecule has 4 aromatic rings. The molecule has 0 spiro atoms. The van der Waals surface area contributed by atoms with Gasteiger partial charge in [0.15, 0.2) is 0 Å². The van der Waals surface area contributed by atoms with Gasteiger partial charge in [-0.1, -0.05) is 0 Å². The second-order valence-corrected chi connectivity index (χ2v) is 9.50. The zero-order chi connectivity index (χ0) is 17.9. The van der Waals surface area contributed by atoms with Crippen LogP contribution >= 0.6 is 45.3 Å². The van der Waals surface area contributed by atoms with Crippen molar-refractivity contribution in [1.29, 1.82) is 0 Å². The number of aryl methyl sites for hydroxylation is 1. The minimum atomic E-state index is -0.00776. The molecule has 1 N–H and O–H groups in total. The third kappa shape index (κ3) is 4.09. The molecule has 8 heteroatoms. The summed E-state index contributed by atoms with van der Waals surface area (Å²) in [4.78, 5) is 23.5. The van der Waals surface area contributed by atoms with Crippen LogP contribution in [0.1, 0.15) is 15.6 Å². The smallest absolute Gasteiger partial charge is 0.226 e. The fraction of sp³-hybridized carbons (Fsp3) is 0.167.